The number of aromatic nitrogens is 1. The molecule has 0 spiro atoms. The van der Waals surface area contributed by atoms with E-state index < -0.39 is 0 Å². The number of hydrogen-bond acceptors (Lipinski definition) is 2. The predicted octanol–water partition coefficient (Wildman–Crippen LogP) is 8.40. The highest BCUT2D eigenvalue weighted by atomic mass is 19.1. The van der Waals surface area contributed by atoms with E-state index in [4.69, 9.17) is 4.99 Å². The highest BCUT2D eigenvalue weighted by Crippen LogP contribution is 2.19. The van der Waals surface area contributed by atoms with Crippen LogP contribution in [0.15, 0.2) is 71.9 Å². The van der Waals surface area contributed by atoms with Gasteiger partial charge in [0.25, 0.3) is 0 Å². The first-order valence-electron chi connectivity index (χ1n) is 10.3. The zero-order chi connectivity index (χ0) is 22.2. The molecule has 0 atom stereocenters. The lowest BCUT2D eigenvalue weighted by Crippen LogP contribution is -2.02. The summed E-state index contributed by atoms with van der Waals surface area (Å²) >= 11 is 0. The molecule has 1 aromatic rings. The second kappa shape index (κ2) is 24.7. The molecule has 1 aliphatic rings. The summed E-state index contributed by atoms with van der Waals surface area (Å²) in [6, 6.07) is 5.84. The van der Waals surface area contributed by atoms with Gasteiger partial charge in [0, 0.05) is 6.20 Å². The first-order valence-corrected chi connectivity index (χ1v) is 10.3. The van der Waals surface area contributed by atoms with E-state index in [2.05, 4.69) is 43.6 Å². The van der Waals surface area contributed by atoms with Gasteiger partial charge in [0.2, 0.25) is 0 Å². The van der Waals surface area contributed by atoms with Crippen LogP contribution in [0.25, 0.3) is 5.70 Å². The third-order valence-corrected chi connectivity index (χ3v) is 2.98. The van der Waals surface area contributed by atoms with E-state index in [1.54, 1.807) is 6.20 Å². The standard InChI is InChI=1S/C17H18N2.C3H8.2C2H6.CH3F/c1-3-15(14-10-6-5-7-11-14)19-16(4-2)17-12-8-9-13-18-17;1-3-2;3*1-2/h3-6,8-10,12-13H,1,7,11H2,2H3;3H2,1-2H3;2*1-2H3;1H3/b16-4-,19-15?;;;;. The van der Waals surface area contributed by atoms with Gasteiger partial charge in [0.1, 0.15) is 0 Å². The molecule has 1 aliphatic carbocycles. The number of halogens is 1. The summed E-state index contributed by atoms with van der Waals surface area (Å²) in [5.74, 6) is 0. The minimum atomic E-state index is 0.500. The van der Waals surface area contributed by atoms with E-state index in [0.717, 1.165) is 29.9 Å². The van der Waals surface area contributed by atoms with Crippen LogP contribution >= 0.6 is 0 Å². The van der Waals surface area contributed by atoms with Crippen molar-refractivity contribution in [3.63, 3.8) is 0 Å². The van der Waals surface area contributed by atoms with Gasteiger partial charge in [0.05, 0.1) is 24.3 Å². The SMILES string of the molecule is C=CC(=N/C(=C\C)c1ccccn1)C1=CC=CCC1.CC.CC.CCC.CF. The fraction of sp³-hybridized carbons (Fsp3) is 0.440. The molecular weight excluding hydrogens is 347 g/mol. The number of pyridine rings is 1. The van der Waals surface area contributed by atoms with Gasteiger partial charge in [-0.25, -0.2) is 4.99 Å². The minimum Gasteiger partial charge on any atom is -0.255 e. The van der Waals surface area contributed by atoms with Gasteiger partial charge in [-0.05, 0) is 43.5 Å². The molecule has 0 bridgehead atoms. The topological polar surface area (TPSA) is 25.2 Å². The van der Waals surface area contributed by atoms with Crippen LogP contribution in [0.5, 0.6) is 0 Å². The lowest BCUT2D eigenvalue weighted by Gasteiger charge is -2.10. The van der Waals surface area contributed by atoms with Crippen LogP contribution in [0.4, 0.5) is 4.39 Å². The second-order valence-electron chi connectivity index (χ2n) is 4.96. The molecule has 3 heteroatoms. The van der Waals surface area contributed by atoms with Gasteiger partial charge in [0.15, 0.2) is 0 Å². The number of rotatable bonds is 4. The number of hydrogen-bond donors (Lipinski definition) is 0. The maximum atomic E-state index is 9.50. The first-order chi connectivity index (χ1) is 13.8. The van der Waals surface area contributed by atoms with Crippen molar-refractivity contribution in [1.82, 2.24) is 4.98 Å². The van der Waals surface area contributed by atoms with E-state index in [-0.39, 0.29) is 0 Å². The normalized spacial score (nSPS) is 12.2. The Balaban J connectivity index is -0.000000604. The van der Waals surface area contributed by atoms with E-state index >= 15 is 0 Å². The molecule has 0 saturated heterocycles. The summed E-state index contributed by atoms with van der Waals surface area (Å²) in [5.41, 5.74) is 3.93. The van der Waals surface area contributed by atoms with Gasteiger partial charge < -0.3 is 0 Å². The molecule has 2 rings (SSSR count). The van der Waals surface area contributed by atoms with Crippen molar-refractivity contribution in [3.05, 3.63) is 72.6 Å². The van der Waals surface area contributed by atoms with Gasteiger partial charge in [-0.3, -0.25) is 9.37 Å². The molecule has 158 valence electrons. The predicted molar refractivity (Wildman–Crippen MR) is 128 cm³/mol. The quantitative estimate of drug-likeness (QED) is 0.475. The maximum Gasteiger partial charge on any atom is 0.0882 e. The molecule has 1 aromatic heterocycles. The van der Waals surface area contributed by atoms with Crippen molar-refractivity contribution < 1.29 is 4.39 Å². The Kier molecular flexibility index (Phi) is 26.9. The third-order valence-electron chi connectivity index (χ3n) is 2.98. The Morgan fingerprint density at radius 3 is 2.18 bits per heavy atom. The first kappa shape index (κ1) is 30.4. The molecule has 28 heavy (non-hydrogen) atoms. The van der Waals surface area contributed by atoms with Crippen LogP contribution < -0.4 is 0 Å². The molecule has 0 radical (unpaired) electrons. The fourth-order valence-corrected chi connectivity index (χ4v) is 1.98. The van der Waals surface area contributed by atoms with Gasteiger partial charge in [-0.1, -0.05) is 84.9 Å². The van der Waals surface area contributed by atoms with Crippen molar-refractivity contribution in [2.75, 3.05) is 7.18 Å². The average Bonchev–Trinajstić information content (AvgIpc) is 2.80. The summed E-state index contributed by atoms with van der Waals surface area (Å²) in [4.78, 5) is 9.04. The molecule has 1 heterocycles. The molecule has 0 unspecified atom stereocenters. The van der Waals surface area contributed by atoms with Crippen molar-refractivity contribution in [3.8, 4) is 0 Å². The van der Waals surface area contributed by atoms with Gasteiger partial charge in [-0.15, -0.1) is 0 Å². The Labute approximate surface area is 173 Å². The highest BCUT2D eigenvalue weighted by molar-refractivity contribution is 6.10. The van der Waals surface area contributed by atoms with Gasteiger partial charge in [-0.2, -0.15) is 0 Å². The lowest BCUT2D eigenvalue weighted by atomic mass is 10.0. The number of alkyl halides is 1. The minimum absolute atomic E-state index is 0.500. The van der Waals surface area contributed by atoms with E-state index in [0.29, 0.717) is 7.18 Å². The monoisotopic (exact) mass is 388 g/mol. The molecule has 0 amide bonds. The smallest absolute Gasteiger partial charge is 0.0882 e. The second-order valence-corrected chi connectivity index (χ2v) is 4.96. The van der Waals surface area contributed by atoms with Crippen molar-refractivity contribution in [2.24, 2.45) is 4.99 Å². The summed E-state index contributed by atoms with van der Waals surface area (Å²) in [5, 5.41) is 0. The molecule has 0 aliphatic heterocycles. The Morgan fingerprint density at radius 1 is 1.18 bits per heavy atom. The fourth-order valence-electron chi connectivity index (χ4n) is 1.98. The zero-order valence-electron chi connectivity index (χ0n) is 19.3. The summed E-state index contributed by atoms with van der Waals surface area (Å²) < 4.78 is 9.50. The van der Waals surface area contributed by atoms with Gasteiger partial charge >= 0.3 is 0 Å². The Hall–Kier alpha value is -2.29. The molecule has 0 fully saturated rings. The van der Waals surface area contributed by atoms with Crippen LogP contribution in [0, 0.1) is 0 Å². The highest BCUT2D eigenvalue weighted by Gasteiger charge is 2.07. The molecule has 0 saturated carbocycles. The van der Waals surface area contributed by atoms with E-state index in [1.165, 1.54) is 12.0 Å². The number of aliphatic imine (C=N–C) groups is 1. The molecule has 2 nitrogen and oxygen atoms in total. The van der Waals surface area contributed by atoms with E-state index in [1.807, 2.05) is 65.0 Å². The summed E-state index contributed by atoms with van der Waals surface area (Å²) in [6.45, 7) is 18.1. The van der Waals surface area contributed by atoms with Crippen LogP contribution in [0.3, 0.4) is 0 Å². The van der Waals surface area contributed by atoms with Crippen LogP contribution in [-0.4, -0.2) is 17.9 Å². The van der Waals surface area contributed by atoms with Crippen LogP contribution in [0.1, 0.15) is 73.4 Å². The zero-order valence-corrected chi connectivity index (χ0v) is 19.3. The van der Waals surface area contributed by atoms with Crippen LogP contribution in [-0.2, 0) is 0 Å². The molecule has 0 N–H and O–H groups in total. The van der Waals surface area contributed by atoms with Crippen molar-refractivity contribution in [1.29, 1.82) is 0 Å². The Morgan fingerprint density at radius 2 is 1.79 bits per heavy atom. The largest absolute Gasteiger partial charge is 0.255 e. The summed E-state index contributed by atoms with van der Waals surface area (Å²) in [6.07, 6.45) is 15.3. The number of allylic oxidation sites excluding steroid dienone is 6. The molecular formula is C25H41FN2. The van der Waals surface area contributed by atoms with E-state index in [9.17, 15) is 4.39 Å². The third kappa shape index (κ3) is 13.9. The van der Waals surface area contributed by atoms with Crippen molar-refractivity contribution in [2.45, 2.75) is 67.7 Å². The molecule has 0 aromatic carbocycles. The van der Waals surface area contributed by atoms with Crippen LogP contribution in [0.2, 0.25) is 0 Å². The Bertz CT molecular complexity index is 582. The summed E-state index contributed by atoms with van der Waals surface area (Å²) in [7, 11) is 0.500. The lowest BCUT2D eigenvalue weighted by molar-refractivity contribution is 0.636. The number of nitrogens with zero attached hydrogens (tertiary/aromatic N) is 2. The average molecular weight is 389 g/mol. The van der Waals surface area contributed by atoms with Crippen molar-refractivity contribution >= 4 is 11.4 Å². The maximum absolute atomic E-state index is 9.50.